The summed E-state index contributed by atoms with van der Waals surface area (Å²) >= 11 is 0. The Bertz CT molecular complexity index is 467. The summed E-state index contributed by atoms with van der Waals surface area (Å²) < 4.78 is 10.6. The first kappa shape index (κ1) is 15.6. The molecule has 5 heteroatoms. The van der Waals surface area contributed by atoms with Crippen molar-refractivity contribution in [3.8, 4) is 11.5 Å². The molecule has 0 saturated carbocycles. The number of aliphatic hydroxyl groups excluding tert-OH is 1. The highest BCUT2D eigenvalue weighted by Gasteiger charge is 2.32. The summed E-state index contributed by atoms with van der Waals surface area (Å²) in [5.74, 6) is 1.02. The van der Waals surface area contributed by atoms with E-state index in [1.165, 1.54) is 0 Å². The Labute approximate surface area is 125 Å². The molecule has 1 heterocycles. The summed E-state index contributed by atoms with van der Waals surface area (Å²) in [6.07, 6.45) is 3.54. The number of nitrogens with zero attached hydrogens (tertiary/aromatic N) is 1. The maximum atomic E-state index is 12.9. The van der Waals surface area contributed by atoms with Gasteiger partial charge in [-0.15, -0.1) is 0 Å². The van der Waals surface area contributed by atoms with Crippen LogP contribution >= 0.6 is 0 Å². The van der Waals surface area contributed by atoms with Crippen LogP contribution in [0.3, 0.4) is 0 Å². The number of amides is 1. The van der Waals surface area contributed by atoms with Crippen LogP contribution in [0, 0.1) is 0 Å². The molecule has 0 aliphatic carbocycles. The van der Waals surface area contributed by atoms with Gasteiger partial charge in [0.2, 0.25) is 0 Å². The van der Waals surface area contributed by atoms with Gasteiger partial charge in [0.15, 0.2) is 0 Å². The van der Waals surface area contributed by atoms with Crippen LogP contribution in [0.5, 0.6) is 11.5 Å². The molecule has 1 atom stereocenters. The molecule has 0 radical (unpaired) electrons. The molecule has 1 N–H and O–H groups in total. The Balaban J connectivity index is 2.26. The SMILES string of the molecule is COc1cccc(OC)c1C(=O)N1CCCC1CCCO. The number of aliphatic hydroxyl groups is 1. The van der Waals surface area contributed by atoms with Gasteiger partial charge in [-0.25, -0.2) is 0 Å². The lowest BCUT2D eigenvalue weighted by atomic mass is 10.1. The topological polar surface area (TPSA) is 59.0 Å². The van der Waals surface area contributed by atoms with Crippen molar-refractivity contribution in [3.63, 3.8) is 0 Å². The van der Waals surface area contributed by atoms with Gasteiger partial charge in [0.05, 0.1) is 14.2 Å². The third-order valence-corrected chi connectivity index (χ3v) is 3.98. The molecule has 2 rings (SSSR count). The van der Waals surface area contributed by atoms with Crippen molar-refractivity contribution in [2.75, 3.05) is 27.4 Å². The van der Waals surface area contributed by atoms with E-state index in [-0.39, 0.29) is 18.6 Å². The fraction of sp³-hybridized carbons (Fsp3) is 0.562. The Morgan fingerprint density at radius 1 is 1.33 bits per heavy atom. The predicted octanol–water partition coefficient (Wildman–Crippen LogP) is 2.08. The fourth-order valence-corrected chi connectivity index (χ4v) is 2.94. The third kappa shape index (κ3) is 3.29. The van der Waals surface area contributed by atoms with Crippen LogP contribution < -0.4 is 9.47 Å². The minimum atomic E-state index is -0.0512. The van der Waals surface area contributed by atoms with E-state index < -0.39 is 0 Å². The van der Waals surface area contributed by atoms with Crippen molar-refractivity contribution in [2.24, 2.45) is 0 Å². The summed E-state index contributed by atoms with van der Waals surface area (Å²) in [7, 11) is 3.11. The van der Waals surface area contributed by atoms with Crippen molar-refractivity contribution in [2.45, 2.75) is 31.7 Å². The molecule has 1 aliphatic heterocycles. The summed E-state index contributed by atoms with van der Waals surface area (Å²) in [6, 6.07) is 5.55. The molecule has 1 fully saturated rings. The molecule has 1 amide bonds. The van der Waals surface area contributed by atoms with E-state index in [0.29, 0.717) is 17.1 Å². The summed E-state index contributed by atoms with van der Waals surface area (Å²) in [6.45, 7) is 0.909. The fourth-order valence-electron chi connectivity index (χ4n) is 2.94. The number of carbonyl (C=O) groups excluding carboxylic acids is 1. The maximum Gasteiger partial charge on any atom is 0.261 e. The molecule has 1 aliphatic rings. The Morgan fingerprint density at radius 2 is 2.00 bits per heavy atom. The number of hydrogen-bond acceptors (Lipinski definition) is 4. The normalized spacial score (nSPS) is 17.9. The molecule has 21 heavy (non-hydrogen) atoms. The molecular weight excluding hydrogens is 270 g/mol. The number of benzene rings is 1. The average molecular weight is 293 g/mol. The van der Waals surface area contributed by atoms with E-state index in [2.05, 4.69) is 0 Å². The van der Waals surface area contributed by atoms with Gasteiger partial charge in [-0.05, 0) is 37.8 Å². The molecule has 116 valence electrons. The number of likely N-dealkylation sites (tertiary alicyclic amines) is 1. The van der Waals surface area contributed by atoms with E-state index in [1.807, 2.05) is 11.0 Å². The van der Waals surface area contributed by atoms with E-state index in [9.17, 15) is 4.79 Å². The van der Waals surface area contributed by atoms with Gasteiger partial charge in [0.1, 0.15) is 17.1 Å². The van der Waals surface area contributed by atoms with E-state index in [4.69, 9.17) is 14.6 Å². The Kier molecular flexibility index (Phi) is 5.44. The smallest absolute Gasteiger partial charge is 0.261 e. The minimum absolute atomic E-state index is 0.0512. The number of carbonyl (C=O) groups is 1. The van der Waals surface area contributed by atoms with Gasteiger partial charge in [0.25, 0.3) is 5.91 Å². The number of rotatable bonds is 6. The van der Waals surface area contributed by atoms with Gasteiger partial charge in [-0.2, -0.15) is 0 Å². The lowest BCUT2D eigenvalue weighted by Gasteiger charge is -2.26. The van der Waals surface area contributed by atoms with Crippen LogP contribution in [0.15, 0.2) is 18.2 Å². The molecule has 1 saturated heterocycles. The van der Waals surface area contributed by atoms with Crippen molar-refractivity contribution < 1.29 is 19.4 Å². The zero-order chi connectivity index (χ0) is 15.2. The first-order chi connectivity index (χ1) is 10.2. The van der Waals surface area contributed by atoms with Gasteiger partial charge in [0, 0.05) is 19.2 Å². The maximum absolute atomic E-state index is 12.9. The first-order valence-electron chi connectivity index (χ1n) is 7.35. The molecule has 5 nitrogen and oxygen atoms in total. The molecule has 0 aromatic heterocycles. The van der Waals surface area contributed by atoms with Crippen molar-refractivity contribution in [3.05, 3.63) is 23.8 Å². The molecule has 1 aromatic rings. The molecular formula is C16H23NO4. The van der Waals surface area contributed by atoms with Crippen LogP contribution in [-0.4, -0.2) is 49.3 Å². The number of ether oxygens (including phenoxy) is 2. The second kappa shape index (κ2) is 7.31. The zero-order valence-electron chi connectivity index (χ0n) is 12.7. The molecule has 1 unspecified atom stereocenters. The second-order valence-electron chi connectivity index (χ2n) is 5.20. The monoisotopic (exact) mass is 293 g/mol. The van der Waals surface area contributed by atoms with Crippen LogP contribution in [0.1, 0.15) is 36.0 Å². The second-order valence-corrected chi connectivity index (χ2v) is 5.20. The predicted molar refractivity (Wildman–Crippen MR) is 79.9 cm³/mol. The first-order valence-corrected chi connectivity index (χ1v) is 7.35. The summed E-state index contributed by atoms with van der Waals surface area (Å²) in [4.78, 5) is 14.8. The van der Waals surface area contributed by atoms with Gasteiger partial charge in [-0.3, -0.25) is 4.79 Å². The Morgan fingerprint density at radius 3 is 2.57 bits per heavy atom. The van der Waals surface area contributed by atoms with Crippen LogP contribution in [0.2, 0.25) is 0 Å². The van der Waals surface area contributed by atoms with Crippen molar-refractivity contribution >= 4 is 5.91 Å². The van der Waals surface area contributed by atoms with Gasteiger partial charge in [-0.1, -0.05) is 6.07 Å². The van der Waals surface area contributed by atoms with Gasteiger partial charge < -0.3 is 19.5 Å². The standard InChI is InChI=1S/C16H23NO4/c1-20-13-8-3-9-14(21-2)15(13)16(19)17-10-4-6-12(17)7-5-11-18/h3,8-9,12,18H,4-7,10-11H2,1-2H3. The van der Waals surface area contributed by atoms with Crippen molar-refractivity contribution in [1.82, 2.24) is 4.90 Å². The van der Waals surface area contributed by atoms with Crippen LogP contribution in [-0.2, 0) is 0 Å². The lowest BCUT2D eigenvalue weighted by Crippen LogP contribution is -2.36. The summed E-state index contributed by atoms with van der Waals surface area (Å²) in [5.41, 5.74) is 0.485. The van der Waals surface area contributed by atoms with Crippen molar-refractivity contribution in [1.29, 1.82) is 0 Å². The number of methoxy groups -OCH3 is 2. The lowest BCUT2D eigenvalue weighted by molar-refractivity contribution is 0.0717. The van der Waals surface area contributed by atoms with Gasteiger partial charge >= 0.3 is 0 Å². The minimum Gasteiger partial charge on any atom is -0.496 e. The Hall–Kier alpha value is -1.75. The number of hydrogen-bond donors (Lipinski definition) is 1. The largest absolute Gasteiger partial charge is 0.496 e. The van der Waals surface area contributed by atoms with E-state index in [0.717, 1.165) is 32.2 Å². The average Bonchev–Trinajstić information content (AvgIpc) is 2.99. The van der Waals surface area contributed by atoms with E-state index in [1.54, 1.807) is 26.4 Å². The van der Waals surface area contributed by atoms with E-state index >= 15 is 0 Å². The third-order valence-electron chi connectivity index (χ3n) is 3.98. The van der Waals surface area contributed by atoms with Crippen LogP contribution in [0.4, 0.5) is 0 Å². The summed E-state index contributed by atoms with van der Waals surface area (Å²) in [5, 5.41) is 8.99. The highest BCUT2D eigenvalue weighted by Crippen LogP contribution is 2.32. The highest BCUT2D eigenvalue weighted by molar-refractivity contribution is 6.00. The quantitative estimate of drug-likeness (QED) is 0.872. The molecule has 0 bridgehead atoms. The molecule has 1 aromatic carbocycles. The zero-order valence-corrected chi connectivity index (χ0v) is 12.7. The molecule has 0 spiro atoms. The highest BCUT2D eigenvalue weighted by atomic mass is 16.5. The van der Waals surface area contributed by atoms with Crippen LogP contribution in [0.25, 0.3) is 0 Å².